The molecule has 1 saturated carbocycles. The number of amides is 1. The van der Waals surface area contributed by atoms with Gasteiger partial charge in [-0.1, -0.05) is 39.0 Å². The highest BCUT2D eigenvalue weighted by molar-refractivity contribution is 8.03. The number of pyridine rings is 1. The topological polar surface area (TPSA) is 117 Å². The molecule has 8 heteroatoms. The maximum absolute atomic E-state index is 12.4. The minimum atomic E-state index is -1.24. The van der Waals surface area contributed by atoms with Crippen molar-refractivity contribution < 1.29 is 24.6 Å². The number of allylic oxidation sites excluding steroid dienone is 1. The number of aromatic nitrogens is 1. The number of hydrogen-bond donors (Lipinski definition) is 3. The molecule has 1 fully saturated rings. The maximum Gasteiger partial charge on any atom is 0.353 e. The molecule has 1 aromatic heterocycles. The lowest BCUT2D eigenvalue weighted by molar-refractivity contribution is -0.135. The Bertz CT molecular complexity index is 788. The van der Waals surface area contributed by atoms with Crippen LogP contribution >= 0.6 is 11.8 Å². The van der Waals surface area contributed by atoms with Gasteiger partial charge in [-0.2, -0.15) is 0 Å². The van der Waals surface area contributed by atoms with Gasteiger partial charge in [0.2, 0.25) is 5.91 Å². The van der Waals surface area contributed by atoms with E-state index in [1.54, 1.807) is 0 Å². The molecule has 0 aliphatic heterocycles. The molecule has 0 radical (unpaired) electrons. The number of rotatable bonds is 9. The van der Waals surface area contributed by atoms with Gasteiger partial charge in [-0.25, -0.2) is 14.6 Å². The molecule has 1 aliphatic carbocycles. The molecule has 1 aliphatic rings. The molecule has 0 aromatic carbocycles. The van der Waals surface area contributed by atoms with E-state index in [1.807, 2.05) is 20.8 Å². The lowest BCUT2D eigenvalue weighted by Gasteiger charge is -2.14. The van der Waals surface area contributed by atoms with E-state index in [0.29, 0.717) is 24.2 Å². The normalized spacial score (nSPS) is 18.4. The van der Waals surface area contributed by atoms with E-state index in [4.69, 9.17) is 0 Å². The zero-order valence-electron chi connectivity index (χ0n) is 15.6. The predicted molar refractivity (Wildman–Crippen MR) is 101 cm³/mol. The van der Waals surface area contributed by atoms with Gasteiger partial charge in [0.1, 0.15) is 10.7 Å². The molecule has 146 valence electrons. The first-order valence-electron chi connectivity index (χ1n) is 8.80. The number of hydrogen-bond acceptors (Lipinski definition) is 5. The summed E-state index contributed by atoms with van der Waals surface area (Å²) in [5.74, 6) is -2.91. The lowest BCUT2D eigenvalue weighted by atomic mass is 10.1. The monoisotopic (exact) mass is 392 g/mol. The second-order valence-electron chi connectivity index (χ2n) is 7.20. The average Bonchev–Trinajstić information content (AvgIpc) is 3.25. The summed E-state index contributed by atoms with van der Waals surface area (Å²) >= 11 is 0.986. The Morgan fingerprint density at radius 1 is 1.33 bits per heavy atom. The highest BCUT2D eigenvalue weighted by Crippen LogP contribution is 2.51. The van der Waals surface area contributed by atoms with Crippen molar-refractivity contribution in [2.24, 2.45) is 11.3 Å². The van der Waals surface area contributed by atoms with Gasteiger partial charge in [-0.3, -0.25) is 4.79 Å². The third-order valence-electron chi connectivity index (χ3n) is 4.55. The zero-order chi connectivity index (χ0) is 20.2. The van der Waals surface area contributed by atoms with Gasteiger partial charge in [-0.15, -0.1) is 0 Å². The van der Waals surface area contributed by atoms with Gasteiger partial charge in [0.15, 0.2) is 0 Å². The molecule has 7 nitrogen and oxygen atoms in total. The number of aliphatic carboxylic acids is 1. The molecule has 3 N–H and O–H groups in total. The summed E-state index contributed by atoms with van der Waals surface area (Å²) < 4.78 is 0. The van der Waals surface area contributed by atoms with Crippen LogP contribution in [0, 0.1) is 11.3 Å². The summed E-state index contributed by atoms with van der Waals surface area (Å²) in [5.41, 5.74) is -0.318. The summed E-state index contributed by atoms with van der Waals surface area (Å²) in [6, 6.07) is 2.93. The molecule has 0 saturated heterocycles. The van der Waals surface area contributed by atoms with Gasteiger partial charge in [0, 0.05) is 17.0 Å². The van der Waals surface area contributed by atoms with Gasteiger partial charge in [0.05, 0.1) is 5.56 Å². The van der Waals surface area contributed by atoms with Gasteiger partial charge in [-0.05, 0) is 36.8 Å². The molecular formula is C19H24N2O5S. The Hall–Kier alpha value is -2.35. The van der Waals surface area contributed by atoms with Crippen molar-refractivity contribution in [3.63, 3.8) is 0 Å². The number of carbonyl (C=O) groups is 3. The van der Waals surface area contributed by atoms with E-state index >= 15 is 0 Å². The Kier molecular flexibility index (Phi) is 6.64. The molecular weight excluding hydrogens is 368 g/mol. The molecule has 2 rings (SSSR count). The number of aromatic carboxylic acids is 1. The Balaban J connectivity index is 2.36. The molecule has 1 unspecified atom stereocenters. The number of unbranched alkanes of at least 4 members (excludes halogenated alkanes) is 1. The van der Waals surface area contributed by atoms with Crippen molar-refractivity contribution in [1.29, 1.82) is 0 Å². The maximum atomic E-state index is 12.4. The molecule has 1 amide bonds. The van der Waals surface area contributed by atoms with Crippen LogP contribution < -0.4 is 5.32 Å². The number of nitrogens with one attached hydrogen (secondary N) is 1. The van der Waals surface area contributed by atoms with Gasteiger partial charge >= 0.3 is 11.9 Å². The van der Waals surface area contributed by atoms with Crippen molar-refractivity contribution in [2.45, 2.75) is 51.5 Å². The van der Waals surface area contributed by atoms with E-state index in [-0.39, 0.29) is 33.5 Å². The van der Waals surface area contributed by atoms with Gasteiger partial charge < -0.3 is 15.5 Å². The summed E-state index contributed by atoms with van der Waals surface area (Å²) in [7, 11) is 0. The molecule has 1 aromatic rings. The van der Waals surface area contributed by atoms with Crippen molar-refractivity contribution in [3.8, 4) is 0 Å². The summed E-state index contributed by atoms with van der Waals surface area (Å²) in [6.07, 6.45) is 4.12. The minimum Gasteiger partial charge on any atom is -0.478 e. The van der Waals surface area contributed by atoms with Crippen LogP contribution in [0.15, 0.2) is 34.0 Å². The quantitative estimate of drug-likeness (QED) is 0.435. The van der Waals surface area contributed by atoms with Crippen LogP contribution in [0.1, 0.15) is 56.8 Å². The van der Waals surface area contributed by atoms with Crippen molar-refractivity contribution >= 4 is 29.6 Å². The zero-order valence-corrected chi connectivity index (χ0v) is 16.4. The highest BCUT2D eigenvalue weighted by atomic mass is 32.2. The fraction of sp³-hybridized carbons (Fsp3) is 0.474. The minimum absolute atomic E-state index is 0.00381. The van der Waals surface area contributed by atoms with Crippen LogP contribution in [0.4, 0.5) is 0 Å². The molecule has 0 spiro atoms. The standard InChI is InChI=1S/C19H24N2O5S/c1-4-5-8-13(27-16-11(17(23)24)7-6-9-20-16)14(18(25)26)21-15(22)12-10-19(12,2)3/h6-7,9,12H,4-5,8,10H2,1-3H3,(H,21,22)(H,23,24)(H,25,26)/b14-13-. The number of thioether (sulfide) groups is 1. The van der Waals surface area contributed by atoms with E-state index in [2.05, 4.69) is 10.3 Å². The number of carbonyl (C=O) groups excluding carboxylic acids is 1. The third-order valence-corrected chi connectivity index (χ3v) is 5.72. The number of nitrogens with zero attached hydrogens (tertiary/aromatic N) is 1. The lowest BCUT2D eigenvalue weighted by Crippen LogP contribution is -2.30. The van der Waals surface area contributed by atoms with Crippen LogP contribution in [-0.2, 0) is 9.59 Å². The molecule has 27 heavy (non-hydrogen) atoms. The SMILES string of the molecule is CCCC/C(Sc1ncccc1C(=O)O)=C(/NC(=O)C1CC1(C)C)C(=O)O. The Labute approximate surface area is 162 Å². The summed E-state index contributed by atoms with van der Waals surface area (Å²) in [6.45, 7) is 5.89. The van der Waals surface area contributed by atoms with Crippen LogP contribution in [0.3, 0.4) is 0 Å². The molecule has 0 bridgehead atoms. The van der Waals surface area contributed by atoms with Crippen LogP contribution in [-0.4, -0.2) is 33.0 Å². The second-order valence-corrected chi connectivity index (χ2v) is 8.29. The largest absolute Gasteiger partial charge is 0.478 e. The first-order valence-corrected chi connectivity index (χ1v) is 9.62. The number of carboxylic acid groups (broad SMARTS) is 2. The fourth-order valence-electron chi connectivity index (χ4n) is 2.68. The van der Waals surface area contributed by atoms with Crippen LogP contribution in [0.5, 0.6) is 0 Å². The second kappa shape index (κ2) is 8.56. The third kappa shape index (κ3) is 5.32. The van der Waals surface area contributed by atoms with E-state index in [0.717, 1.165) is 18.2 Å². The Morgan fingerprint density at radius 2 is 2.00 bits per heavy atom. The summed E-state index contributed by atoms with van der Waals surface area (Å²) in [5, 5.41) is 21.8. The first kappa shape index (κ1) is 21.0. The average molecular weight is 392 g/mol. The highest BCUT2D eigenvalue weighted by Gasteiger charge is 2.51. The van der Waals surface area contributed by atoms with Crippen molar-refractivity contribution in [2.75, 3.05) is 0 Å². The van der Waals surface area contributed by atoms with Crippen molar-refractivity contribution in [3.05, 3.63) is 34.5 Å². The van der Waals surface area contributed by atoms with Crippen molar-refractivity contribution in [1.82, 2.24) is 10.3 Å². The summed E-state index contributed by atoms with van der Waals surface area (Å²) in [4.78, 5) is 40.1. The molecule has 1 heterocycles. The van der Waals surface area contributed by atoms with E-state index in [1.165, 1.54) is 18.3 Å². The predicted octanol–water partition coefficient (Wildman–Crippen LogP) is 3.52. The van der Waals surface area contributed by atoms with Crippen LogP contribution in [0.2, 0.25) is 0 Å². The Morgan fingerprint density at radius 3 is 2.52 bits per heavy atom. The van der Waals surface area contributed by atoms with Gasteiger partial charge in [0.25, 0.3) is 0 Å². The molecule has 1 atom stereocenters. The number of carboxylic acids is 2. The first-order chi connectivity index (χ1) is 12.7. The van der Waals surface area contributed by atoms with Crippen LogP contribution in [0.25, 0.3) is 0 Å². The van der Waals surface area contributed by atoms with E-state index in [9.17, 15) is 24.6 Å². The fourth-order valence-corrected chi connectivity index (χ4v) is 3.78. The van der Waals surface area contributed by atoms with E-state index < -0.39 is 11.9 Å². The smallest absolute Gasteiger partial charge is 0.353 e.